The van der Waals surface area contributed by atoms with Gasteiger partial charge in [0, 0.05) is 17.9 Å². The first-order valence-electron chi connectivity index (χ1n) is 10.0. The zero-order chi connectivity index (χ0) is 22.4. The summed E-state index contributed by atoms with van der Waals surface area (Å²) < 4.78 is 12.0. The SMILES string of the molecule is COc1cc(CNc2ccc(C)c(C)c2)cc(Br)c1OCC(=O)Nc1ccc(C)cc1. The number of rotatable bonds is 8. The summed E-state index contributed by atoms with van der Waals surface area (Å²) >= 11 is 3.55. The van der Waals surface area contributed by atoms with Crippen molar-refractivity contribution in [1.29, 1.82) is 0 Å². The molecule has 0 saturated heterocycles. The molecule has 0 aliphatic rings. The maximum atomic E-state index is 12.3. The fraction of sp³-hybridized carbons (Fsp3) is 0.240. The highest BCUT2D eigenvalue weighted by Crippen LogP contribution is 2.37. The maximum absolute atomic E-state index is 12.3. The number of benzene rings is 3. The zero-order valence-corrected chi connectivity index (χ0v) is 19.8. The lowest BCUT2D eigenvalue weighted by Gasteiger charge is -2.15. The minimum Gasteiger partial charge on any atom is -0.493 e. The Labute approximate surface area is 191 Å². The molecule has 0 spiro atoms. The number of aryl methyl sites for hydroxylation is 3. The standard InChI is InChI=1S/C25H27BrN2O3/c1-16-5-8-20(9-6-16)28-24(29)15-31-25-22(26)12-19(13-23(25)30-4)14-27-21-10-7-17(2)18(3)11-21/h5-13,27H,14-15H2,1-4H3,(H,28,29). The van der Waals surface area contributed by atoms with E-state index < -0.39 is 0 Å². The second kappa shape index (κ2) is 10.4. The summed E-state index contributed by atoms with van der Waals surface area (Å²) in [6, 6.07) is 17.8. The Kier molecular flexibility index (Phi) is 7.58. The van der Waals surface area contributed by atoms with Gasteiger partial charge in [-0.25, -0.2) is 0 Å². The van der Waals surface area contributed by atoms with E-state index >= 15 is 0 Å². The van der Waals surface area contributed by atoms with E-state index in [-0.39, 0.29) is 12.5 Å². The van der Waals surface area contributed by atoms with E-state index in [1.807, 2.05) is 43.3 Å². The minimum absolute atomic E-state index is 0.122. The zero-order valence-electron chi connectivity index (χ0n) is 18.2. The predicted octanol–water partition coefficient (Wildman–Crippen LogP) is 6.01. The first kappa shape index (κ1) is 22.7. The van der Waals surface area contributed by atoms with Crippen LogP contribution in [0.2, 0.25) is 0 Å². The molecule has 6 heteroatoms. The molecular weight excluding hydrogens is 456 g/mol. The summed E-state index contributed by atoms with van der Waals surface area (Å²) in [4.78, 5) is 12.3. The number of carbonyl (C=O) groups is 1. The molecule has 0 aliphatic heterocycles. The normalized spacial score (nSPS) is 10.5. The molecule has 162 valence electrons. The second-order valence-electron chi connectivity index (χ2n) is 7.46. The summed E-state index contributed by atoms with van der Waals surface area (Å²) in [6.07, 6.45) is 0. The molecular formula is C25H27BrN2O3. The lowest BCUT2D eigenvalue weighted by Crippen LogP contribution is -2.20. The summed E-state index contributed by atoms with van der Waals surface area (Å²) in [5.41, 5.74) is 6.47. The molecule has 0 saturated carbocycles. The molecule has 1 amide bonds. The number of carbonyl (C=O) groups excluding carboxylic acids is 1. The second-order valence-corrected chi connectivity index (χ2v) is 8.32. The van der Waals surface area contributed by atoms with Crippen molar-refractivity contribution in [2.75, 3.05) is 24.4 Å². The van der Waals surface area contributed by atoms with Crippen LogP contribution in [0.15, 0.2) is 59.1 Å². The van der Waals surface area contributed by atoms with E-state index in [2.05, 4.69) is 58.6 Å². The molecule has 0 radical (unpaired) electrons. The highest BCUT2D eigenvalue weighted by Gasteiger charge is 2.14. The first-order chi connectivity index (χ1) is 14.9. The minimum atomic E-state index is -0.238. The van der Waals surface area contributed by atoms with E-state index in [4.69, 9.17) is 9.47 Å². The van der Waals surface area contributed by atoms with Gasteiger partial charge in [-0.2, -0.15) is 0 Å². The Balaban J connectivity index is 1.63. The van der Waals surface area contributed by atoms with Crippen molar-refractivity contribution in [2.24, 2.45) is 0 Å². The van der Waals surface area contributed by atoms with Gasteiger partial charge in [0.15, 0.2) is 18.1 Å². The summed E-state index contributed by atoms with van der Waals surface area (Å²) in [5, 5.41) is 6.25. The predicted molar refractivity (Wildman–Crippen MR) is 129 cm³/mol. The number of amides is 1. The molecule has 3 rings (SSSR count). The molecule has 0 aliphatic carbocycles. The lowest BCUT2D eigenvalue weighted by atomic mass is 10.1. The Hall–Kier alpha value is -2.99. The third-order valence-electron chi connectivity index (χ3n) is 4.98. The Bertz CT molecular complexity index is 1070. The van der Waals surface area contributed by atoms with Crippen molar-refractivity contribution < 1.29 is 14.3 Å². The van der Waals surface area contributed by atoms with Gasteiger partial charge in [-0.05, 0) is 89.8 Å². The maximum Gasteiger partial charge on any atom is 0.262 e. The van der Waals surface area contributed by atoms with Crippen molar-refractivity contribution in [3.8, 4) is 11.5 Å². The van der Waals surface area contributed by atoms with Crippen LogP contribution in [-0.4, -0.2) is 19.6 Å². The van der Waals surface area contributed by atoms with Crippen LogP contribution < -0.4 is 20.1 Å². The van der Waals surface area contributed by atoms with Gasteiger partial charge in [-0.1, -0.05) is 23.8 Å². The van der Waals surface area contributed by atoms with Crippen LogP contribution in [0.1, 0.15) is 22.3 Å². The number of hydrogen-bond donors (Lipinski definition) is 2. The van der Waals surface area contributed by atoms with Crippen molar-refractivity contribution in [2.45, 2.75) is 27.3 Å². The van der Waals surface area contributed by atoms with E-state index in [0.29, 0.717) is 18.0 Å². The molecule has 0 heterocycles. The lowest BCUT2D eigenvalue weighted by molar-refractivity contribution is -0.118. The highest BCUT2D eigenvalue weighted by molar-refractivity contribution is 9.10. The Morgan fingerprint density at radius 2 is 1.65 bits per heavy atom. The van der Waals surface area contributed by atoms with Gasteiger partial charge in [0.1, 0.15) is 0 Å². The summed E-state index contributed by atoms with van der Waals surface area (Å²) in [7, 11) is 1.58. The van der Waals surface area contributed by atoms with Gasteiger partial charge < -0.3 is 20.1 Å². The molecule has 3 aromatic rings. The van der Waals surface area contributed by atoms with Gasteiger partial charge in [-0.3, -0.25) is 4.79 Å². The number of anilines is 2. The van der Waals surface area contributed by atoms with E-state index in [1.54, 1.807) is 7.11 Å². The first-order valence-corrected chi connectivity index (χ1v) is 10.8. The van der Waals surface area contributed by atoms with Crippen molar-refractivity contribution in [3.63, 3.8) is 0 Å². The third-order valence-corrected chi connectivity index (χ3v) is 5.56. The van der Waals surface area contributed by atoms with Crippen LogP contribution in [0, 0.1) is 20.8 Å². The average molecular weight is 483 g/mol. The smallest absolute Gasteiger partial charge is 0.262 e. The van der Waals surface area contributed by atoms with Crippen LogP contribution in [0.4, 0.5) is 11.4 Å². The highest BCUT2D eigenvalue weighted by atomic mass is 79.9. The molecule has 0 bridgehead atoms. The van der Waals surface area contributed by atoms with Gasteiger partial charge in [-0.15, -0.1) is 0 Å². The van der Waals surface area contributed by atoms with E-state index in [9.17, 15) is 4.79 Å². The molecule has 0 unspecified atom stereocenters. The summed E-state index contributed by atoms with van der Waals surface area (Å²) in [6.45, 7) is 6.70. The molecule has 0 fully saturated rings. The Morgan fingerprint density at radius 3 is 2.32 bits per heavy atom. The van der Waals surface area contributed by atoms with Crippen LogP contribution in [-0.2, 0) is 11.3 Å². The number of methoxy groups -OCH3 is 1. The molecule has 5 nitrogen and oxygen atoms in total. The average Bonchev–Trinajstić information content (AvgIpc) is 2.75. The number of nitrogens with one attached hydrogen (secondary N) is 2. The molecule has 31 heavy (non-hydrogen) atoms. The van der Waals surface area contributed by atoms with Crippen molar-refractivity contribution in [3.05, 3.63) is 81.3 Å². The number of hydrogen-bond acceptors (Lipinski definition) is 4. The largest absolute Gasteiger partial charge is 0.493 e. The van der Waals surface area contributed by atoms with Crippen LogP contribution in [0.25, 0.3) is 0 Å². The molecule has 0 atom stereocenters. The molecule has 3 aromatic carbocycles. The fourth-order valence-electron chi connectivity index (χ4n) is 3.04. The third kappa shape index (κ3) is 6.25. The van der Waals surface area contributed by atoms with Crippen molar-refractivity contribution >= 4 is 33.2 Å². The Morgan fingerprint density at radius 1 is 0.935 bits per heavy atom. The monoisotopic (exact) mass is 482 g/mol. The quantitative estimate of drug-likeness (QED) is 0.412. The van der Waals surface area contributed by atoms with Gasteiger partial charge >= 0.3 is 0 Å². The summed E-state index contributed by atoms with van der Waals surface area (Å²) in [5.74, 6) is 0.823. The van der Waals surface area contributed by atoms with Crippen LogP contribution in [0.3, 0.4) is 0 Å². The topological polar surface area (TPSA) is 59.6 Å². The van der Waals surface area contributed by atoms with Gasteiger partial charge in [0.2, 0.25) is 0 Å². The van der Waals surface area contributed by atoms with Gasteiger partial charge in [0.05, 0.1) is 11.6 Å². The number of halogens is 1. The molecule has 2 N–H and O–H groups in total. The van der Waals surface area contributed by atoms with Crippen LogP contribution >= 0.6 is 15.9 Å². The van der Waals surface area contributed by atoms with Crippen molar-refractivity contribution in [1.82, 2.24) is 0 Å². The van der Waals surface area contributed by atoms with Gasteiger partial charge in [0.25, 0.3) is 5.91 Å². The number of ether oxygens (including phenoxy) is 2. The van der Waals surface area contributed by atoms with Crippen LogP contribution in [0.5, 0.6) is 11.5 Å². The van der Waals surface area contributed by atoms with E-state index in [1.165, 1.54) is 11.1 Å². The van der Waals surface area contributed by atoms with E-state index in [0.717, 1.165) is 27.0 Å². The molecule has 0 aromatic heterocycles. The fourth-order valence-corrected chi connectivity index (χ4v) is 3.65.